The number of rotatable bonds is 4. The molecule has 0 saturated carbocycles. The zero-order valence-corrected chi connectivity index (χ0v) is 15.9. The van der Waals surface area contributed by atoms with Gasteiger partial charge < -0.3 is 25.4 Å². The lowest BCUT2D eigenvalue weighted by Crippen LogP contribution is -2.41. The standard InChI is InChI=1S/C18H24F3N3O4/c1-17(2,3)28-16(26)23-12-6-7-24(9-12)15(25)11-4-5-14(13(22)8-11)27-10-18(19,20)21/h4-5,8,12H,6-7,9-10,22H2,1-3H3,(H,23,26). The Labute approximate surface area is 161 Å². The number of alkyl halides is 3. The number of alkyl carbamates (subject to hydrolysis) is 1. The van der Waals surface area contributed by atoms with Crippen LogP contribution in [-0.2, 0) is 4.74 Å². The Hall–Kier alpha value is -2.65. The topological polar surface area (TPSA) is 93.9 Å². The van der Waals surface area contributed by atoms with Gasteiger partial charge in [-0.05, 0) is 45.4 Å². The van der Waals surface area contributed by atoms with Crippen molar-refractivity contribution in [1.82, 2.24) is 10.2 Å². The van der Waals surface area contributed by atoms with Gasteiger partial charge in [-0.1, -0.05) is 0 Å². The van der Waals surface area contributed by atoms with Crippen molar-refractivity contribution in [2.75, 3.05) is 25.4 Å². The fourth-order valence-electron chi connectivity index (χ4n) is 2.69. The minimum Gasteiger partial charge on any atom is -0.482 e. The van der Waals surface area contributed by atoms with Crippen molar-refractivity contribution in [1.29, 1.82) is 0 Å². The minimum absolute atomic E-state index is 0.0577. The molecule has 2 rings (SSSR count). The van der Waals surface area contributed by atoms with E-state index in [1.807, 2.05) is 0 Å². The molecule has 1 fully saturated rings. The number of ether oxygens (including phenoxy) is 2. The van der Waals surface area contributed by atoms with Crippen molar-refractivity contribution >= 4 is 17.7 Å². The van der Waals surface area contributed by atoms with Crippen molar-refractivity contribution in [3.63, 3.8) is 0 Å². The van der Waals surface area contributed by atoms with Crippen molar-refractivity contribution in [2.24, 2.45) is 0 Å². The monoisotopic (exact) mass is 403 g/mol. The van der Waals surface area contributed by atoms with E-state index in [0.29, 0.717) is 19.5 Å². The Kier molecular flexibility index (Phi) is 6.30. The number of hydrogen-bond acceptors (Lipinski definition) is 5. The number of nitrogen functional groups attached to an aromatic ring is 1. The van der Waals surface area contributed by atoms with E-state index in [2.05, 4.69) is 10.1 Å². The summed E-state index contributed by atoms with van der Waals surface area (Å²) in [6.45, 7) is 4.51. The molecular formula is C18H24F3N3O4. The smallest absolute Gasteiger partial charge is 0.422 e. The van der Waals surface area contributed by atoms with E-state index in [0.717, 1.165) is 0 Å². The molecule has 1 aliphatic heterocycles. The lowest BCUT2D eigenvalue weighted by Gasteiger charge is -2.22. The average Bonchev–Trinajstić information content (AvgIpc) is 2.98. The number of carbonyl (C=O) groups is 2. The Morgan fingerprint density at radius 1 is 1.29 bits per heavy atom. The molecule has 1 aromatic rings. The number of hydrogen-bond donors (Lipinski definition) is 2. The van der Waals surface area contributed by atoms with E-state index < -0.39 is 24.5 Å². The molecule has 1 heterocycles. The molecule has 10 heteroatoms. The van der Waals surface area contributed by atoms with Crippen LogP contribution in [0.1, 0.15) is 37.6 Å². The van der Waals surface area contributed by atoms with Gasteiger partial charge in [-0.25, -0.2) is 4.79 Å². The van der Waals surface area contributed by atoms with E-state index >= 15 is 0 Å². The lowest BCUT2D eigenvalue weighted by molar-refractivity contribution is -0.153. The molecule has 0 spiro atoms. The van der Waals surface area contributed by atoms with Crippen LogP contribution in [0.25, 0.3) is 0 Å². The van der Waals surface area contributed by atoms with Crippen LogP contribution >= 0.6 is 0 Å². The second-order valence-electron chi connectivity index (χ2n) is 7.54. The number of nitrogens with one attached hydrogen (secondary N) is 1. The van der Waals surface area contributed by atoms with Crippen LogP contribution in [-0.4, -0.2) is 54.4 Å². The maximum Gasteiger partial charge on any atom is 0.422 e. The molecule has 0 aliphatic carbocycles. The summed E-state index contributed by atoms with van der Waals surface area (Å²) in [6.07, 6.45) is -4.47. The first-order valence-corrected chi connectivity index (χ1v) is 8.72. The van der Waals surface area contributed by atoms with Gasteiger partial charge in [0.05, 0.1) is 11.7 Å². The summed E-state index contributed by atoms with van der Waals surface area (Å²) in [5, 5.41) is 2.72. The maximum absolute atomic E-state index is 12.6. The molecule has 1 saturated heterocycles. The number of carbonyl (C=O) groups excluding carboxylic acids is 2. The van der Waals surface area contributed by atoms with E-state index in [1.165, 1.54) is 23.1 Å². The number of amides is 2. The second kappa shape index (κ2) is 8.15. The number of halogens is 3. The van der Waals surface area contributed by atoms with Crippen LogP contribution < -0.4 is 15.8 Å². The highest BCUT2D eigenvalue weighted by molar-refractivity contribution is 5.95. The number of nitrogens with zero attached hydrogens (tertiary/aromatic N) is 1. The van der Waals surface area contributed by atoms with Crippen molar-refractivity contribution in [3.8, 4) is 5.75 Å². The Balaban J connectivity index is 1.94. The molecule has 2 amide bonds. The molecule has 0 bridgehead atoms. The molecule has 1 aliphatic rings. The lowest BCUT2D eigenvalue weighted by atomic mass is 10.1. The fourth-order valence-corrected chi connectivity index (χ4v) is 2.69. The molecule has 7 nitrogen and oxygen atoms in total. The van der Waals surface area contributed by atoms with Crippen molar-refractivity contribution in [3.05, 3.63) is 23.8 Å². The predicted molar refractivity (Wildman–Crippen MR) is 96.1 cm³/mol. The second-order valence-corrected chi connectivity index (χ2v) is 7.54. The summed E-state index contributed by atoms with van der Waals surface area (Å²) in [6, 6.07) is 3.63. The molecule has 28 heavy (non-hydrogen) atoms. The van der Waals surface area contributed by atoms with Gasteiger partial charge in [0.2, 0.25) is 0 Å². The van der Waals surface area contributed by atoms with E-state index in [1.54, 1.807) is 20.8 Å². The third-order valence-corrected chi connectivity index (χ3v) is 3.84. The highest BCUT2D eigenvalue weighted by atomic mass is 19.4. The molecule has 3 N–H and O–H groups in total. The normalized spacial score (nSPS) is 17.4. The van der Waals surface area contributed by atoms with Gasteiger partial charge in [0.15, 0.2) is 6.61 Å². The van der Waals surface area contributed by atoms with Gasteiger partial charge in [0, 0.05) is 18.7 Å². The Bertz CT molecular complexity index is 732. The highest BCUT2D eigenvalue weighted by Gasteiger charge is 2.31. The van der Waals surface area contributed by atoms with Crippen LogP contribution in [0.3, 0.4) is 0 Å². The van der Waals surface area contributed by atoms with Gasteiger partial charge >= 0.3 is 12.3 Å². The number of anilines is 1. The summed E-state index contributed by atoms with van der Waals surface area (Å²) in [5.41, 5.74) is 5.26. The molecule has 0 radical (unpaired) electrons. The van der Waals surface area contributed by atoms with Gasteiger partial charge in [0.25, 0.3) is 5.91 Å². The molecule has 1 unspecified atom stereocenters. The summed E-state index contributed by atoms with van der Waals surface area (Å²) < 4.78 is 46.5. The molecule has 156 valence electrons. The fraction of sp³-hybridized carbons (Fsp3) is 0.556. The van der Waals surface area contributed by atoms with Crippen LogP contribution in [0.15, 0.2) is 18.2 Å². The molecule has 1 atom stereocenters. The summed E-state index contributed by atoms with van der Waals surface area (Å²) in [5.74, 6) is -0.470. The highest BCUT2D eigenvalue weighted by Crippen LogP contribution is 2.26. The maximum atomic E-state index is 12.6. The summed E-state index contributed by atoms with van der Waals surface area (Å²) in [4.78, 5) is 26.0. The largest absolute Gasteiger partial charge is 0.482 e. The van der Waals surface area contributed by atoms with Crippen LogP contribution in [0, 0.1) is 0 Å². The summed E-state index contributed by atoms with van der Waals surface area (Å²) >= 11 is 0. The molecule has 0 aromatic heterocycles. The first kappa shape index (κ1) is 21.6. The zero-order valence-electron chi connectivity index (χ0n) is 15.9. The van der Waals surface area contributed by atoms with Crippen molar-refractivity contribution < 1.29 is 32.2 Å². The number of benzene rings is 1. The van der Waals surface area contributed by atoms with Gasteiger partial charge in [-0.3, -0.25) is 4.79 Å². The van der Waals surface area contributed by atoms with E-state index in [-0.39, 0.29) is 28.9 Å². The van der Waals surface area contributed by atoms with E-state index in [9.17, 15) is 22.8 Å². The van der Waals surface area contributed by atoms with Crippen molar-refractivity contribution in [2.45, 2.75) is 45.0 Å². The molecular weight excluding hydrogens is 379 g/mol. The van der Waals surface area contributed by atoms with Gasteiger partial charge in [-0.2, -0.15) is 13.2 Å². The SMILES string of the molecule is CC(C)(C)OC(=O)NC1CCN(C(=O)c2ccc(OCC(F)(F)F)c(N)c2)C1. The summed E-state index contributed by atoms with van der Waals surface area (Å²) in [7, 11) is 0. The van der Waals surface area contributed by atoms with E-state index in [4.69, 9.17) is 10.5 Å². The Morgan fingerprint density at radius 2 is 1.96 bits per heavy atom. The first-order chi connectivity index (χ1) is 12.8. The first-order valence-electron chi connectivity index (χ1n) is 8.72. The van der Waals surface area contributed by atoms with Crippen LogP contribution in [0.2, 0.25) is 0 Å². The number of likely N-dealkylation sites (tertiary alicyclic amines) is 1. The van der Waals surface area contributed by atoms with Gasteiger partial charge in [0.1, 0.15) is 11.4 Å². The van der Waals surface area contributed by atoms with Gasteiger partial charge in [-0.15, -0.1) is 0 Å². The third-order valence-electron chi connectivity index (χ3n) is 3.84. The average molecular weight is 403 g/mol. The predicted octanol–water partition coefficient (Wildman–Crippen LogP) is 2.95. The number of nitrogens with two attached hydrogens (primary N) is 1. The minimum atomic E-state index is -4.48. The quantitative estimate of drug-likeness (QED) is 0.754. The molecule has 1 aromatic carbocycles. The third kappa shape index (κ3) is 6.50. The van der Waals surface area contributed by atoms with Crippen LogP contribution in [0.5, 0.6) is 5.75 Å². The van der Waals surface area contributed by atoms with Crippen LogP contribution in [0.4, 0.5) is 23.7 Å². The zero-order chi connectivity index (χ0) is 21.1. The Morgan fingerprint density at radius 3 is 2.54 bits per heavy atom.